The van der Waals surface area contributed by atoms with Crippen LogP contribution in [0.4, 0.5) is 0 Å². The van der Waals surface area contributed by atoms with E-state index in [1.54, 1.807) is 19.2 Å². The van der Waals surface area contributed by atoms with Crippen LogP contribution in [0.3, 0.4) is 0 Å². The summed E-state index contributed by atoms with van der Waals surface area (Å²) < 4.78 is 10.4. The summed E-state index contributed by atoms with van der Waals surface area (Å²) in [4.78, 5) is 14.7. The van der Waals surface area contributed by atoms with Crippen LogP contribution in [-0.4, -0.2) is 44.5 Å². The molecule has 0 N–H and O–H groups in total. The number of likely N-dealkylation sites (tertiary alicyclic amines) is 1. The second-order valence-electron chi connectivity index (χ2n) is 5.57. The van der Waals surface area contributed by atoms with E-state index >= 15 is 0 Å². The number of hydrogen-bond donors (Lipinski definition) is 0. The van der Waals surface area contributed by atoms with Gasteiger partial charge in [0.2, 0.25) is 0 Å². The van der Waals surface area contributed by atoms with Crippen LogP contribution >= 0.6 is 11.6 Å². The monoisotopic (exact) mass is 311 g/mol. The van der Waals surface area contributed by atoms with Gasteiger partial charge in [-0.25, -0.2) is 0 Å². The molecule has 0 unspecified atom stereocenters. The summed E-state index contributed by atoms with van der Waals surface area (Å²) in [5, 5.41) is 0.425. The lowest BCUT2D eigenvalue weighted by Crippen LogP contribution is -2.36. The van der Waals surface area contributed by atoms with Gasteiger partial charge in [-0.1, -0.05) is 18.5 Å². The first-order valence-corrected chi connectivity index (χ1v) is 7.60. The topological polar surface area (TPSA) is 38.8 Å². The molecule has 116 valence electrons. The summed E-state index contributed by atoms with van der Waals surface area (Å²) in [5.41, 5.74) is 0.516. The molecule has 2 rings (SSSR count). The van der Waals surface area contributed by atoms with Crippen LogP contribution in [0, 0.1) is 5.92 Å². The van der Waals surface area contributed by atoms with Gasteiger partial charge in [-0.05, 0) is 37.9 Å². The van der Waals surface area contributed by atoms with Crippen molar-refractivity contribution in [1.29, 1.82) is 0 Å². The molecule has 0 spiro atoms. The quantitative estimate of drug-likeness (QED) is 0.782. The van der Waals surface area contributed by atoms with Gasteiger partial charge < -0.3 is 9.47 Å². The van der Waals surface area contributed by atoms with E-state index in [2.05, 4.69) is 11.8 Å². The molecule has 0 atom stereocenters. The van der Waals surface area contributed by atoms with Crippen LogP contribution in [-0.2, 0) is 0 Å². The molecular weight excluding hydrogens is 290 g/mol. The molecule has 0 radical (unpaired) electrons. The van der Waals surface area contributed by atoms with Crippen LogP contribution in [0.5, 0.6) is 11.5 Å². The van der Waals surface area contributed by atoms with Crippen molar-refractivity contribution in [3.63, 3.8) is 0 Å². The van der Waals surface area contributed by atoms with Crippen molar-refractivity contribution in [3.05, 3.63) is 22.7 Å². The Morgan fingerprint density at radius 2 is 1.86 bits per heavy atom. The number of benzene rings is 1. The second kappa shape index (κ2) is 7.14. The van der Waals surface area contributed by atoms with Crippen molar-refractivity contribution in [2.75, 3.05) is 33.9 Å². The molecule has 5 heteroatoms. The minimum atomic E-state index is 0.0333. The Morgan fingerprint density at radius 3 is 2.43 bits per heavy atom. The largest absolute Gasteiger partial charge is 0.496 e. The summed E-state index contributed by atoms with van der Waals surface area (Å²) in [6.07, 6.45) is 2.29. The first-order chi connectivity index (χ1) is 10.0. The molecule has 1 aliphatic rings. The molecule has 1 aromatic rings. The summed E-state index contributed by atoms with van der Waals surface area (Å²) >= 11 is 6.12. The van der Waals surface area contributed by atoms with E-state index in [0.717, 1.165) is 31.8 Å². The maximum Gasteiger partial charge on any atom is 0.180 e. The van der Waals surface area contributed by atoms with E-state index in [0.29, 0.717) is 28.6 Å². The molecular formula is C16H22ClNO3. The van der Waals surface area contributed by atoms with Crippen LogP contribution in [0.1, 0.15) is 30.1 Å². The second-order valence-corrected chi connectivity index (χ2v) is 5.98. The lowest BCUT2D eigenvalue weighted by molar-refractivity contribution is 0.0897. The number of hydrogen-bond acceptors (Lipinski definition) is 4. The Morgan fingerprint density at radius 1 is 1.24 bits per heavy atom. The molecule has 0 aromatic heterocycles. The maximum atomic E-state index is 12.5. The number of nitrogens with zero attached hydrogens (tertiary/aromatic N) is 1. The Bertz CT molecular complexity index is 510. The summed E-state index contributed by atoms with van der Waals surface area (Å²) in [6, 6.07) is 3.29. The predicted octanol–water partition coefficient (Wildman–Crippen LogP) is 3.27. The zero-order valence-corrected chi connectivity index (χ0v) is 13.6. The molecule has 4 nitrogen and oxygen atoms in total. The highest BCUT2D eigenvalue weighted by molar-refractivity contribution is 6.32. The van der Waals surface area contributed by atoms with Gasteiger partial charge in [-0.2, -0.15) is 0 Å². The highest BCUT2D eigenvalue weighted by Crippen LogP contribution is 2.33. The van der Waals surface area contributed by atoms with E-state index in [9.17, 15) is 4.79 Å². The number of halogens is 1. The molecule has 0 bridgehead atoms. The van der Waals surface area contributed by atoms with E-state index in [-0.39, 0.29) is 5.78 Å². The lowest BCUT2D eigenvalue weighted by Gasteiger charge is -2.29. The summed E-state index contributed by atoms with van der Waals surface area (Å²) in [5.74, 6) is 1.80. The zero-order chi connectivity index (χ0) is 15.4. The summed E-state index contributed by atoms with van der Waals surface area (Å²) in [6.45, 7) is 4.61. The minimum absolute atomic E-state index is 0.0333. The third kappa shape index (κ3) is 3.89. The number of ketones is 1. The third-order valence-electron chi connectivity index (χ3n) is 4.02. The first-order valence-electron chi connectivity index (χ1n) is 7.22. The molecule has 1 heterocycles. The van der Waals surface area contributed by atoms with Gasteiger partial charge >= 0.3 is 0 Å². The lowest BCUT2D eigenvalue weighted by atomic mass is 9.98. The number of carbonyl (C=O) groups excluding carboxylic acids is 1. The van der Waals surface area contributed by atoms with Gasteiger partial charge in [0.15, 0.2) is 5.78 Å². The molecule has 1 saturated heterocycles. The maximum absolute atomic E-state index is 12.5. The highest BCUT2D eigenvalue weighted by atomic mass is 35.5. The van der Waals surface area contributed by atoms with Crippen molar-refractivity contribution < 1.29 is 14.3 Å². The fraction of sp³-hybridized carbons (Fsp3) is 0.562. The molecule has 1 fully saturated rings. The molecule has 1 aromatic carbocycles. The fourth-order valence-electron chi connectivity index (χ4n) is 2.59. The van der Waals surface area contributed by atoms with Gasteiger partial charge in [-0.3, -0.25) is 9.69 Å². The Labute approximate surface area is 131 Å². The van der Waals surface area contributed by atoms with Crippen LogP contribution in [0.2, 0.25) is 5.02 Å². The van der Waals surface area contributed by atoms with Gasteiger partial charge in [-0.15, -0.1) is 0 Å². The number of methoxy groups -OCH3 is 2. The van der Waals surface area contributed by atoms with E-state index in [1.165, 1.54) is 7.11 Å². The van der Waals surface area contributed by atoms with Crippen molar-refractivity contribution in [2.45, 2.75) is 19.8 Å². The Kier molecular flexibility index (Phi) is 5.48. The minimum Gasteiger partial charge on any atom is -0.496 e. The first kappa shape index (κ1) is 16.1. The predicted molar refractivity (Wildman–Crippen MR) is 83.7 cm³/mol. The van der Waals surface area contributed by atoms with E-state index < -0.39 is 0 Å². The molecule has 0 amide bonds. The SMILES string of the molecule is COc1cc(OC)c(C(=O)CN2CCC(C)CC2)cc1Cl. The van der Waals surface area contributed by atoms with Gasteiger partial charge in [0.1, 0.15) is 11.5 Å². The van der Waals surface area contributed by atoms with Crippen molar-refractivity contribution in [2.24, 2.45) is 5.92 Å². The number of Topliss-reactive ketones (excluding diaryl/α,β-unsaturated/α-hetero) is 1. The molecule has 0 saturated carbocycles. The number of carbonyl (C=O) groups is 1. The standard InChI is InChI=1S/C16H22ClNO3/c1-11-4-6-18(7-5-11)10-14(19)12-8-13(17)16(21-3)9-15(12)20-2/h8-9,11H,4-7,10H2,1-3H3. The molecule has 0 aliphatic carbocycles. The summed E-state index contributed by atoms with van der Waals surface area (Å²) in [7, 11) is 3.08. The number of rotatable bonds is 5. The van der Waals surface area contributed by atoms with E-state index in [1.807, 2.05) is 0 Å². The molecule has 1 aliphatic heterocycles. The van der Waals surface area contributed by atoms with Crippen molar-refractivity contribution >= 4 is 17.4 Å². The molecule has 21 heavy (non-hydrogen) atoms. The third-order valence-corrected chi connectivity index (χ3v) is 4.31. The average molecular weight is 312 g/mol. The van der Waals surface area contributed by atoms with Gasteiger partial charge in [0.25, 0.3) is 0 Å². The Hall–Kier alpha value is -1.26. The van der Waals surface area contributed by atoms with Gasteiger partial charge in [0.05, 0.1) is 31.4 Å². The Balaban J connectivity index is 2.13. The van der Waals surface area contributed by atoms with Crippen molar-refractivity contribution in [1.82, 2.24) is 4.90 Å². The smallest absolute Gasteiger partial charge is 0.180 e. The van der Waals surface area contributed by atoms with Crippen LogP contribution in [0.15, 0.2) is 12.1 Å². The zero-order valence-electron chi connectivity index (χ0n) is 12.8. The van der Waals surface area contributed by atoms with Gasteiger partial charge in [0, 0.05) is 6.07 Å². The van der Waals surface area contributed by atoms with Crippen LogP contribution in [0.25, 0.3) is 0 Å². The normalized spacial score (nSPS) is 16.8. The fourth-order valence-corrected chi connectivity index (χ4v) is 2.83. The number of ether oxygens (including phenoxy) is 2. The van der Waals surface area contributed by atoms with Crippen molar-refractivity contribution in [3.8, 4) is 11.5 Å². The average Bonchev–Trinajstić information content (AvgIpc) is 2.49. The highest BCUT2D eigenvalue weighted by Gasteiger charge is 2.21. The number of piperidine rings is 1. The van der Waals surface area contributed by atoms with Crippen LogP contribution < -0.4 is 9.47 Å². The van der Waals surface area contributed by atoms with E-state index in [4.69, 9.17) is 21.1 Å².